The molecule has 94 valence electrons. The molecule has 3 heteroatoms. The minimum Gasteiger partial charge on any atom is -0.310 e. The maximum absolute atomic E-state index is 13.2. The van der Waals surface area contributed by atoms with Crippen LogP contribution in [0.15, 0.2) is 18.2 Å². The van der Waals surface area contributed by atoms with E-state index in [2.05, 4.69) is 19.2 Å². The SMILES string of the molecule is CC1CCC(NCc2cc(F)cc(Cl)c2)C1C. The van der Waals surface area contributed by atoms with Gasteiger partial charge in [0.25, 0.3) is 0 Å². The predicted molar refractivity (Wildman–Crippen MR) is 69.6 cm³/mol. The average molecular weight is 256 g/mol. The van der Waals surface area contributed by atoms with Crippen molar-refractivity contribution in [2.24, 2.45) is 11.8 Å². The summed E-state index contributed by atoms with van der Waals surface area (Å²) >= 11 is 5.83. The fraction of sp³-hybridized carbons (Fsp3) is 0.571. The summed E-state index contributed by atoms with van der Waals surface area (Å²) in [7, 11) is 0. The van der Waals surface area contributed by atoms with E-state index in [0.29, 0.717) is 23.5 Å². The van der Waals surface area contributed by atoms with E-state index < -0.39 is 0 Å². The molecule has 0 aliphatic heterocycles. The van der Waals surface area contributed by atoms with Gasteiger partial charge < -0.3 is 5.32 Å². The molecule has 1 N–H and O–H groups in total. The lowest BCUT2D eigenvalue weighted by Gasteiger charge is -2.19. The zero-order chi connectivity index (χ0) is 12.4. The molecule has 1 aliphatic rings. The van der Waals surface area contributed by atoms with Crippen molar-refractivity contribution in [1.29, 1.82) is 0 Å². The molecule has 0 aromatic heterocycles. The van der Waals surface area contributed by atoms with Crippen LogP contribution in [0.1, 0.15) is 32.3 Å². The minimum absolute atomic E-state index is 0.262. The maximum Gasteiger partial charge on any atom is 0.125 e. The average Bonchev–Trinajstić information content (AvgIpc) is 2.56. The van der Waals surface area contributed by atoms with Gasteiger partial charge in [0.05, 0.1) is 0 Å². The van der Waals surface area contributed by atoms with Crippen molar-refractivity contribution in [2.45, 2.75) is 39.3 Å². The van der Waals surface area contributed by atoms with Crippen LogP contribution in [-0.4, -0.2) is 6.04 Å². The maximum atomic E-state index is 13.2. The summed E-state index contributed by atoms with van der Waals surface area (Å²) < 4.78 is 13.2. The third-order valence-corrected chi connectivity index (χ3v) is 4.17. The number of hydrogen-bond donors (Lipinski definition) is 1. The number of rotatable bonds is 3. The lowest BCUT2D eigenvalue weighted by atomic mass is 9.98. The summed E-state index contributed by atoms with van der Waals surface area (Å²) in [4.78, 5) is 0. The lowest BCUT2D eigenvalue weighted by molar-refractivity contribution is 0.369. The second-order valence-electron chi connectivity index (χ2n) is 5.18. The molecular weight excluding hydrogens is 237 g/mol. The van der Waals surface area contributed by atoms with E-state index in [9.17, 15) is 4.39 Å². The van der Waals surface area contributed by atoms with Gasteiger partial charge >= 0.3 is 0 Å². The van der Waals surface area contributed by atoms with Crippen LogP contribution in [0.25, 0.3) is 0 Å². The second kappa shape index (κ2) is 5.36. The first-order valence-electron chi connectivity index (χ1n) is 6.24. The number of hydrogen-bond acceptors (Lipinski definition) is 1. The van der Waals surface area contributed by atoms with E-state index in [4.69, 9.17) is 11.6 Å². The monoisotopic (exact) mass is 255 g/mol. The zero-order valence-corrected chi connectivity index (χ0v) is 11.1. The van der Waals surface area contributed by atoms with Crippen molar-refractivity contribution < 1.29 is 4.39 Å². The van der Waals surface area contributed by atoms with Crippen LogP contribution in [0, 0.1) is 17.7 Å². The third-order valence-electron chi connectivity index (χ3n) is 3.96. The Balaban J connectivity index is 1.94. The highest BCUT2D eigenvalue weighted by molar-refractivity contribution is 6.30. The van der Waals surface area contributed by atoms with Crippen molar-refractivity contribution >= 4 is 11.6 Å². The molecule has 1 saturated carbocycles. The fourth-order valence-electron chi connectivity index (χ4n) is 2.61. The number of benzene rings is 1. The fourth-order valence-corrected chi connectivity index (χ4v) is 2.86. The van der Waals surface area contributed by atoms with Crippen LogP contribution in [0.5, 0.6) is 0 Å². The van der Waals surface area contributed by atoms with Gasteiger partial charge in [-0.1, -0.05) is 25.4 Å². The topological polar surface area (TPSA) is 12.0 Å². The van der Waals surface area contributed by atoms with Crippen LogP contribution < -0.4 is 5.32 Å². The Morgan fingerprint density at radius 1 is 1.29 bits per heavy atom. The van der Waals surface area contributed by atoms with Crippen molar-refractivity contribution in [3.05, 3.63) is 34.6 Å². The van der Waals surface area contributed by atoms with Crippen LogP contribution in [0.2, 0.25) is 5.02 Å². The van der Waals surface area contributed by atoms with Crippen molar-refractivity contribution in [2.75, 3.05) is 0 Å². The molecule has 0 spiro atoms. The minimum atomic E-state index is -0.262. The van der Waals surface area contributed by atoms with E-state index in [1.807, 2.05) is 6.07 Å². The van der Waals surface area contributed by atoms with Crippen molar-refractivity contribution in [1.82, 2.24) is 5.32 Å². The Morgan fingerprint density at radius 3 is 2.65 bits per heavy atom. The Bertz CT molecular complexity index is 374. The smallest absolute Gasteiger partial charge is 0.125 e. The molecule has 1 aromatic rings. The molecular formula is C14H19ClFN. The number of halogens is 2. The molecule has 1 aliphatic carbocycles. The van der Waals surface area contributed by atoms with Crippen molar-refractivity contribution in [3.8, 4) is 0 Å². The molecule has 17 heavy (non-hydrogen) atoms. The molecule has 0 radical (unpaired) electrons. The quantitative estimate of drug-likeness (QED) is 0.861. The molecule has 3 atom stereocenters. The molecule has 0 saturated heterocycles. The largest absolute Gasteiger partial charge is 0.310 e. The highest BCUT2D eigenvalue weighted by Crippen LogP contribution is 2.31. The van der Waals surface area contributed by atoms with Gasteiger partial charge in [0, 0.05) is 17.6 Å². The zero-order valence-electron chi connectivity index (χ0n) is 10.3. The predicted octanol–water partition coefficient (Wildman–Crippen LogP) is 4.00. The first-order chi connectivity index (χ1) is 8.06. The Kier molecular flexibility index (Phi) is 4.05. The number of nitrogens with one attached hydrogen (secondary N) is 1. The van der Waals surface area contributed by atoms with E-state index in [0.717, 1.165) is 11.5 Å². The Labute approximate surface area is 107 Å². The Morgan fingerprint density at radius 2 is 2.06 bits per heavy atom. The van der Waals surface area contributed by atoms with E-state index in [1.54, 1.807) is 6.07 Å². The van der Waals surface area contributed by atoms with Gasteiger partial charge in [0.1, 0.15) is 5.82 Å². The standard InChI is InChI=1S/C14H19ClFN/c1-9-3-4-14(10(9)2)17-8-11-5-12(15)7-13(16)6-11/h5-7,9-10,14,17H,3-4,8H2,1-2H3. The van der Waals surface area contributed by atoms with Crippen LogP contribution >= 0.6 is 11.6 Å². The molecule has 1 fully saturated rings. The molecule has 3 unspecified atom stereocenters. The van der Waals surface area contributed by atoms with E-state index >= 15 is 0 Å². The van der Waals surface area contributed by atoms with Gasteiger partial charge in [0.15, 0.2) is 0 Å². The molecule has 0 amide bonds. The summed E-state index contributed by atoms with van der Waals surface area (Å²) in [5.41, 5.74) is 0.918. The highest BCUT2D eigenvalue weighted by Gasteiger charge is 2.28. The summed E-state index contributed by atoms with van der Waals surface area (Å²) in [6.45, 7) is 5.28. The van der Waals surface area contributed by atoms with Gasteiger partial charge in [-0.15, -0.1) is 0 Å². The summed E-state index contributed by atoms with van der Waals surface area (Å²) in [6, 6.07) is 5.25. The molecule has 0 bridgehead atoms. The normalized spacial score (nSPS) is 28.6. The first kappa shape index (κ1) is 12.8. The van der Waals surface area contributed by atoms with E-state index in [1.165, 1.54) is 18.9 Å². The second-order valence-corrected chi connectivity index (χ2v) is 5.62. The van der Waals surface area contributed by atoms with Crippen LogP contribution in [0.4, 0.5) is 4.39 Å². The first-order valence-corrected chi connectivity index (χ1v) is 6.62. The summed E-state index contributed by atoms with van der Waals surface area (Å²) in [6.07, 6.45) is 2.49. The lowest BCUT2D eigenvalue weighted by Crippen LogP contribution is -2.31. The van der Waals surface area contributed by atoms with Gasteiger partial charge in [-0.2, -0.15) is 0 Å². The van der Waals surface area contributed by atoms with Crippen LogP contribution in [-0.2, 0) is 6.54 Å². The third kappa shape index (κ3) is 3.20. The molecule has 0 heterocycles. The highest BCUT2D eigenvalue weighted by atomic mass is 35.5. The van der Waals surface area contributed by atoms with Gasteiger partial charge in [-0.3, -0.25) is 0 Å². The summed E-state index contributed by atoms with van der Waals surface area (Å²) in [5, 5.41) is 3.97. The Hall–Kier alpha value is -0.600. The summed E-state index contributed by atoms with van der Waals surface area (Å²) in [5.74, 6) is 1.21. The molecule has 2 rings (SSSR count). The molecule has 1 aromatic carbocycles. The van der Waals surface area contributed by atoms with Gasteiger partial charge in [0.2, 0.25) is 0 Å². The van der Waals surface area contributed by atoms with Gasteiger partial charge in [-0.05, 0) is 48.4 Å². The van der Waals surface area contributed by atoms with Crippen molar-refractivity contribution in [3.63, 3.8) is 0 Å². The molecule has 1 nitrogen and oxygen atoms in total. The van der Waals surface area contributed by atoms with E-state index in [-0.39, 0.29) is 5.82 Å². The van der Waals surface area contributed by atoms with Gasteiger partial charge in [-0.25, -0.2) is 4.39 Å². The van der Waals surface area contributed by atoms with Crippen LogP contribution in [0.3, 0.4) is 0 Å².